The van der Waals surface area contributed by atoms with E-state index in [4.69, 9.17) is 5.11 Å². The summed E-state index contributed by atoms with van der Waals surface area (Å²) in [5.41, 5.74) is 5.02. The van der Waals surface area contributed by atoms with Crippen LogP contribution in [-0.2, 0) is 9.59 Å². The molecule has 3 atom stereocenters. The van der Waals surface area contributed by atoms with Crippen LogP contribution < -0.4 is 10.6 Å². The summed E-state index contributed by atoms with van der Waals surface area (Å²) < 4.78 is 0. The van der Waals surface area contributed by atoms with E-state index in [-0.39, 0.29) is 30.3 Å². The summed E-state index contributed by atoms with van der Waals surface area (Å²) in [4.78, 5) is 28.7. The molecule has 26 heavy (non-hydrogen) atoms. The Balaban J connectivity index is 1.58. The maximum atomic E-state index is 12.4. The quantitative estimate of drug-likeness (QED) is 0.724. The average molecular weight is 373 g/mol. The Morgan fingerprint density at radius 1 is 1.38 bits per heavy atom. The lowest BCUT2D eigenvalue weighted by Crippen LogP contribution is -2.41. The Morgan fingerprint density at radius 2 is 2.12 bits per heavy atom. The van der Waals surface area contributed by atoms with Crippen LogP contribution in [0.25, 0.3) is 10.4 Å². The fourth-order valence-corrected chi connectivity index (χ4v) is 4.12. The highest BCUT2D eigenvalue weighted by molar-refractivity contribution is 7.13. The summed E-state index contributed by atoms with van der Waals surface area (Å²) in [6.07, 6.45) is 0.666. The van der Waals surface area contributed by atoms with Crippen molar-refractivity contribution in [3.63, 3.8) is 0 Å². The Morgan fingerprint density at radius 3 is 2.73 bits per heavy atom. The first-order valence-electron chi connectivity index (χ1n) is 8.70. The second kappa shape index (κ2) is 7.97. The molecule has 2 heterocycles. The van der Waals surface area contributed by atoms with Gasteiger partial charge in [0.25, 0.3) is 0 Å². The summed E-state index contributed by atoms with van der Waals surface area (Å²) >= 11 is 1.62. The molecule has 3 rings (SSSR count). The fourth-order valence-electron chi connectivity index (χ4n) is 3.31. The molecule has 0 bridgehead atoms. The van der Waals surface area contributed by atoms with Gasteiger partial charge in [-0.25, -0.2) is 4.98 Å². The topological polar surface area (TPSA) is 91.3 Å². The van der Waals surface area contributed by atoms with Crippen LogP contribution in [0.5, 0.6) is 0 Å². The van der Waals surface area contributed by atoms with Crippen LogP contribution in [0, 0.1) is 12.8 Å². The molecule has 138 valence electrons. The number of hydrogen-bond donors (Lipinski definition) is 3. The van der Waals surface area contributed by atoms with E-state index in [9.17, 15) is 9.59 Å². The van der Waals surface area contributed by atoms with Crippen LogP contribution >= 0.6 is 11.3 Å². The molecule has 1 aliphatic heterocycles. The van der Waals surface area contributed by atoms with Crippen LogP contribution in [0.3, 0.4) is 0 Å². The number of rotatable bonds is 6. The third kappa shape index (κ3) is 4.28. The zero-order valence-corrected chi connectivity index (χ0v) is 15.7. The van der Waals surface area contributed by atoms with Crippen molar-refractivity contribution in [2.45, 2.75) is 38.8 Å². The summed E-state index contributed by atoms with van der Waals surface area (Å²) in [6.45, 7) is 4.52. The van der Waals surface area contributed by atoms with Crippen molar-refractivity contribution in [2.24, 2.45) is 5.92 Å². The Kier molecular flexibility index (Phi) is 5.68. The molecule has 1 aromatic carbocycles. The van der Waals surface area contributed by atoms with Gasteiger partial charge in [0.1, 0.15) is 0 Å². The van der Waals surface area contributed by atoms with E-state index < -0.39 is 5.97 Å². The fraction of sp³-hybridized carbons (Fsp3) is 0.421. The largest absolute Gasteiger partial charge is 0.481 e. The van der Waals surface area contributed by atoms with Crippen LogP contribution in [0.15, 0.2) is 29.8 Å². The maximum absolute atomic E-state index is 12.4. The van der Waals surface area contributed by atoms with E-state index in [0.29, 0.717) is 13.0 Å². The van der Waals surface area contributed by atoms with Gasteiger partial charge in [-0.2, -0.15) is 0 Å². The second-order valence-electron chi connectivity index (χ2n) is 6.78. The van der Waals surface area contributed by atoms with Crippen LogP contribution in [0.4, 0.5) is 0 Å². The van der Waals surface area contributed by atoms with E-state index in [0.717, 1.165) is 21.7 Å². The molecule has 1 saturated heterocycles. The zero-order chi connectivity index (χ0) is 18.7. The minimum atomic E-state index is -0.817. The van der Waals surface area contributed by atoms with Crippen molar-refractivity contribution < 1.29 is 14.7 Å². The number of aryl methyl sites for hydroxylation is 1. The first kappa shape index (κ1) is 18.5. The molecular formula is C19H23N3O3S. The van der Waals surface area contributed by atoms with Gasteiger partial charge in [-0.15, -0.1) is 11.3 Å². The number of aromatic nitrogens is 1. The second-order valence-corrected chi connectivity index (χ2v) is 7.63. The lowest BCUT2D eigenvalue weighted by Gasteiger charge is -2.18. The lowest BCUT2D eigenvalue weighted by molar-refractivity contribution is -0.138. The number of benzene rings is 1. The van der Waals surface area contributed by atoms with E-state index in [1.54, 1.807) is 11.3 Å². The van der Waals surface area contributed by atoms with Gasteiger partial charge >= 0.3 is 5.97 Å². The number of hydrogen-bond acceptors (Lipinski definition) is 5. The number of amides is 1. The third-order valence-corrected chi connectivity index (χ3v) is 5.76. The van der Waals surface area contributed by atoms with Gasteiger partial charge in [0.15, 0.2) is 0 Å². The van der Waals surface area contributed by atoms with Gasteiger partial charge < -0.3 is 15.7 Å². The van der Waals surface area contributed by atoms with Crippen LogP contribution in [0.2, 0.25) is 0 Å². The van der Waals surface area contributed by atoms with Gasteiger partial charge in [0, 0.05) is 6.42 Å². The summed E-state index contributed by atoms with van der Waals surface area (Å²) in [5, 5.41) is 15.0. The molecule has 1 aromatic heterocycles. The van der Waals surface area contributed by atoms with E-state index in [1.807, 2.05) is 31.5 Å². The SMILES string of the molecule is Cc1ncsc1-c1ccc([C@H](C)NC(=O)C2CC(CC(=O)O)CN2)cc1. The normalized spacial score (nSPS) is 20.7. The highest BCUT2D eigenvalue weighted by Gasteiger charge is 2.31. The molecule has 2 aromatic rings. The number of carbonyl (C=O) groups is 2. The Bertz CT molecular complexity index is 788. The van der Waals surface area contributed by atoms with Crippen molar-refractivity contribution in [3.05, 3.63) is 41.0 Å². The minimum Gasteiger partial charge on any atom is -0.481 e. The minimum absolute atomic E-state index is 0.0143. The predicted octanol–water partition coefficient (Wildman–Crippen LogP) is 2.75. The summed E-state index contributed by atoms with van der Waals surface area (Å²) in [6, 6.07) is 7.72. The van der Waals surface area contributed by atoms with Crippen molar-refractivity contribution in [3.8, 4) is 10.4 Å². The molecule has 7 heteroatoms. The monoisotopic (exact) mass is 373 g/mol. The number of nitrogens with one attached hydrogen (secondary N) is 2. The van der Waals surface area contributed by atoms with E-state index in [2.05, 4.69) is 27.8 Å². The molecule has 0 spiro atoms. The Hall–Kier alpha value is -2.25. The summed E-state index contributed by atoms with van der Waals surface area (Å²) in [5.74, 6) is -0.879. The van der Waals surface area contributed by atoms with Gasteiger partial charge in [-0.05, 0) is 43.9 Å². The number of carboxylic acid groups (broad SMARTS) is 1. The number of thiazole rings is 1. The maximum Gasteiger partial charge on any atom is 0.303 e. The first-order chi connectivity index (χ1) is 12.4. The molecule has 0 saturated carbocycles. The van der Waals surface area contributed by atoms with Gasteiger partial charge in [0.05, 0.1) is 28.2 Å². The first-order valence-corrected chi connectivity index (χ1v) is 9.58. The molecule has 2 unspecified atom stereocenters. The van der Waals surface area contributed by atoms with Crippen molar-refractivity contribution in [1.29, 1.82) is 0 Å². The van der Waals surface area contributed by atoms with Crippen molar-refractivity contribution in [1.82, 2.24) is 15.6 Å². The van der Waals surface area contributed by atoms with Crippen LogP contribution in [0.1, 0.15) is 37.1 Å². The van der Waals surface area contributed by atoms with E-state index in [1.165, 1.54) is 0 Å². The molecule has 1 aliphatic rings. The zero-order valence-electron chi connectivity index (χ0n) is 14.9. The molecule has 1 fully saturated rings. The number of carboxylic acids is 1. The summed E-state index contributed by atoms with van der Waals surface area (Å²) in [7, 11) is 0. The molecule has 0 radical (unpaired) electrons. The average Bonchev–Trinajstić information content (AvgIpc) is 3.23. The lowest BCUT2D eigenvalue weighted by atomic mass is 10.0. The van der Waals surface area contributed by atoms with Crippen molar-refractivity contribution >= 4 is 23.2 Å². The smallest absolute Gasteiger partial charge is 0.303 e. The van der Waals surface area contributed by atoms with E-state index >= 15 is 0 Å². The number of carbonyl (C=O) groups excluding carboxylic acids is 1. The number of aliphatic carboxylic acids is 1. The predicted molar refractivity (Wildman–Crippen MR) is 101 cm³/mol. The molecular weight excluding hydrogens is 350 g/mol. The molecule has 3 N–H and O–H groups in total. The van der Waals surface area contributed by atoms with Crippen molar-refractivity contribution in [2.75, 3.05) is 6.54 Å². The Labute approximate surface area is 156 Å². The molecule has 6 nitrogen and oxygen atoms in total. The van der Waals surface area contributed by atoms with Gasteiger partial charge in [-0.3, -0.25) is 9.59 Å². The van der Waals surface area contributed by atoms with Crippen LogP contribution in [-0.4, -0.2) is 34.6 Å². The molecule has 1 amide bonds. The third-order valence-electron chi connectivity index (χ3n) is 4.78. The van der Waals surface area contributed by atoms with Gasteiger partial charge in [-0.1, -0.05) is 24.3 Å². The highest BCUT2D eigenvalue weighted by Crippen LogP contribution is 2.28. The standard InChI is InChI=1S/C19H23N3O3S/c1-11(22-19(25)16-7-13(9-20-16)8-17(23)24)14-3-5-15(6-4-14)18-12(2)21-10-26-18/h3-6,10-11,13,16,20H,7-9H2,1-2H3,(H,22,25)(H,23,24)/t11-,13?,16?/m0/s1. The highest BCUT2D eigenvalue weighted by atomic mass is 32.1. The molecule has 0 aliphatic carbocycles. The van der Waals surface area contributed by atoms with Gasteiger partial charge in [0.2, 0.25) is 5.91 Å². The number of nitrogens with zero attached hydrogens (tertiary/aromatic N) is 1.